The molecule has 1 aromatic carbocycles. The number of nitrogens with one attached hydrogen (secondary N) is 2. The number of nitrogens with zero attached hydrogens (tertiary/aromatic N) is 2. The van der Waals surface area contributed by atoms with Crippen LogP contribution in [-0.2, 0) is 4.79 Å². The van der Waals surface area contributed by atoms with Crippen molar-refractivity contribution in [1.82, 2.24) is 15.2 Å². The summed E-state index contributed by atoms with van der Waals surface area (Å²) in [7, 11) is 0. The van der Waals surface area contributed by atoms with E-state index in [0.717, 1.165) is 5.82 Å². The van der Waals surface area contributed by atoms with Crippen LogP contribution in [-0.4, -0.2) is 26.8 Å². The number of nitrogens with two attached hydrogens (primary N) is 1. The first-order valence-corrected chi connectivity index (χ1v) is 6.90. The second-order valence-corrected chi connectivity index (χ2v) is 5.15. The fourth-order valence-corrected chi connectivity index (χ4v) is 2.25. The van der Waals surface area contributed by atoms with Crippen molar-refractivity contribution in [2.45, 2.75) is 18.5 Å². The summed E-state index contributed by atoms with van der Waals surface area (Å²) >= 11 is 1.35. The van der Waals surface area contributed by atoms with Crippen LogP contribution < -0.4 is 11.1 Å². The van der Waals surface area contributed by atoms with Gasteiger partial charge < -0.3 is 11.1 Å². The number of aromatic nitrogens is 3. The third-order valence-electron chi connectivity index (χ3n) is 2.40. The largest absolute Gasteiger partial charge is 0.399 e. The molecule has 0 saturated heterocycles. The van der Waals surface area contributed by atoms with E-state index in [9.17, 15) is 9.18 Å². The topological polar surface area (TPSA) is 96.7 Å². The Hall–Kier alpha value is -2.09. The Morgan fingerprint density at radius 2 is 2.35 bits per heavy atom. The Morgan fingerprint density at radius 1 is 1.55 bits per heavy atom. The van der Waals surface area contributed by atoms with Crippen LogP contribution >= 0.6 is 11.8 Å². The molecule has 0 aliphatic carbocycles. The minimum atomic E-state index is -0.509. The van der Waals surface area contributed by atoms with Crippen LogP contribution in [0.4, 0.5) is 15.8 Å². The number of rotatable bonds is 5. The Bertz CT molecular complexity index is 616. The van der Waals surface area contributed by atoms with Crippen molar-refractivity contribution < 1.29 is 9.18 Å². The summed E-state index contributed by atoms with van der Waals surface area (Å²) in [5.41, 5.74) is 6.03. The van der Waals surface area contributed by atoms with Crippen LogP contribution in [0.3, 0.4) is 0 Å². The average Bonchev–Trinajstić information content (AvgIpc) is 2.80. The third-order valence-corrected chi connectivity index (χ3v) is 3.25. The minimum Gasteiger partial charge on any atom is -0.399 e. The van der Waals surface area contributed by atoms with Crippen LogP contribution in [0.15, 0.2) is 23.4 Å². The number of amides is 1. The van der Waals surface area contributed by atoms with Crippen molar-refractivity contribution in [2.75, 3.05) is 16.8 Å². The number of H-pyrrole nitrogens is 1. The van der Waals surface area contributed by atoms with E-state index < -0.39 is 5.82 Å². The molecule has 0 aliphatic heterocycles. The lowest BCUT2D eigenvalue weighted by molar-refractivity contribution is -0.115. The normalized spacial score (nSPS) is 10.5. The Labute approximate surface area is 119 Å². The summed E-state index contributed by atoms with van der Waals surface area (Å²) in [4.78, 5) is 15.8. The molecule has 2 aromatic rings. The predicted octanol–water partition coefficient (Wildman–Crippen LogP) is 1.96. The zero-order valence-corrected chi connectivity index (χ0v) is 11.6. The Morgan fingerprint density at radius 3 is 3.05 bits per heavy atom. The average molecular weight is 295 g/mol. The van der Waals surface area contributed by atoms with Crippen molar-refractivity contribution in [3.8, 4) is 0 Å². The van der Waals surface area contributed by atoms with E-state index in [1.54, 1.807) is 6.92 Å². The zero-order chi connectivity index (χ0) is 14.5. The van der Waals surface area contributed by atoms with Gasteiger partial charge in [-0.25, -0.2) is 9.37 Å². The third kappa shape index (κ3) is 3.95. The number of nitrogen functional groups attached to an aromatic ring is 1. The van der Waals surface area contributed by atoms with Gasteiger partial charge in [0.05, 0.1) is 5.69 Å². The molecule has 1 heterocycles. The SMILES string of the molecule is Cc1nc(SCCC(=O)Nc2cc(N)ccc2F)n[nH]1. The van der Waals surface area contributed by atoms with Crippen molar-refractivity contribution >= 4 is 29.0 Å². The number of benzene rings is 1. The molecular formula is C12H14FN5OS. The first kappa shape index (κ1) is 14.3. The predicted molar refractivity (Wildman–Crippen MR) is 75.9 cm³/mol. The second kappa shape index (κ2) is 6.38. The Kier molecular flexibility index (Phi) is 4.57. The lowest BCUT2D eigenvalue weighted by atomic mass is 10.2. The number of halogens is 1. The molecule has 0 bridgehead atoms. The molecule has 6 nitrogen and oxygen atoms in total. The number of hydrogen-bond acceptors (Lipinski definition) is 5. The molecule has 0 saturated carbocycles. The van der Waals surface area contributed by atoms with Gasteiger partial charge in [0.25, 0.3) is 0 Å². The highest BCUT2D eigenvalue weighted by molar-refractivity contribution is 7.99. The van der Waals surface area contributed by atoms with Crippen LogP contribution in [0.5, 0.6) is 0 Å². The van der Waals surface area contributed by atoms with Gasteiger partial charge >= 0.3 is 0 Å². The maximum atomic E-state index is 13.4. The van der Waals surface area contributed by atoms with E-state index in [1.807, 2.05) is 0 Å². The van der Waals surface area contributed by atoms with Gasteiger partial charge in [0.15, 0.2) is 0 Å². The molecule has 106 valence electrons. The molecule has 0 radical (unpaired) electrons. The van der Waals surface area contributed by atoms with Gasteiger partial charge in [0.2, 0.25) is 11.1 Å². The minimum absolute atomic E-state index is 0.0914. The van der Waals surface area contributed by atoms with Crippen LogP contribution in [0.25, 0.3) is 0 Å². The molecule has 0 fully saturated rings. The summed E-state index contributed by atoms with van der Waals surface area (Å²) in [6, 6.07) is 4.04. The lowest BCUT2D eigenvalue weighted by Gasteiger charge is -2.06. The van der Waals surface area contributed by atoms with Crippen molar-refractivity contribution in [3.05, 3.63) is 29.8 Å². The maximum absolute atomic E-state index is 13.4. The number of carbonyl (C=O) groups is 1. The van der Waals surface area contributed by atoms with Gasteiger partial charge in [-0.3, -0.25) is 9.89 Å². The first-order chi connectivity index (χ1) is 9.54. The van der Waals surface area contributed by atoms with E-state index in [2.05, 4.69) is 20.5 Å². The fraction of sp³-hybridized carbons (Fsp3) is 0.250. The monoisotopic (exact) mass is 295 g/mol. The van der Waals surface area contributed by atoms with Crippen LogP contribution in [0.1, 0.15) is 12.2 Å². The van der Waals surface area contributed by atoms with E-state index in [0.29, 0.717) is 16.6 Å². The van der Waals surface area contributed by atoms with Gasteiger partial charge in [0, 0.05) is 17.9 Å². The fourth-order valence-electron chi connectivity index (χ4n) is 1.47. The maximum Gasteiger partial charge on any atom is 0.225 e. The van der Waals surface area contributed by atoms with E-state index in [-0.39, 0.29) is 18.0 Å². The van der Waals surface area contributed by atoms with Crippen LogP contribution in [0, 0.1) is 12.7 Å². The molecule has 4 N–H and O–H groups in total. The Balaban J connectivity index is 1.82. The number of carbonyl (C=O) groups excluding carboxylic acids is 1. The van der Waals surface area contributed by atoms with Gasteiger partial charge in [-0.15, -0.1) is 5.10 Å². The molecule has 20 heavy (non-hydrogen) atoms. The number of aryl methyl sites for hydroxylation is 1. The van der Waals surface area contributed by atoms with Gasteiger partial charge in [-0.2, -0.15) is 0 Å². The summed E-state index contributed by atoms with van der Waals surface area (Å²) in [5, 5.41) is 9.73. The molecule has 1 amide bonds. The zero-order valence-electron chi connectivity index (χ0n) is 10.8. The first-order valence-electron chi connectivity index (χ1n) is 5.91. The summed E-state index contributed by atoms with van der Waals surface area (Å²) in [6.07, 6.45) is 0.229. The molecule has 0 spiro atoms. The van der Waals surface area contributed by atoms with Gasteiger partial charge in [0.1, 0.15) is 11.6 Å². The van der Waals surface area contributed by atoms with Crippen molar-refractivity contribution in [1.29, 1.82) is 0 Å². The number of aromatic amines is 1. The summed E-state index contributed by atoms with van der Waals surface area (Å²) < 4.78 is 13.4. The highest BCUT2D eigenvalue weighted by Gasteiger charge is 2.08. The van der Waals surface area contributed by atoms with Gasteiger partial charge in [-0.1, -0.05) is 11.8 Å². The summed E-state index contributed by atoms with van der Waals surface area (Å²) in [6.45, 7) is 1.80. The van der Waals surface area contributed by atoms with E-state index in [1.165, 1.54) is 30.0 Å². The quantitative estimate of drug-likeness (QED) is 0.578. The molecular weight excluding hydrogens is 281 g/mol. The molecule has 0 unspecified atom stereocenters. The van der Waals surface area contributed by atoms with Crippen LogP contribution in [0.2, 0.25) is 0 Å². The van der Waals surface area contributed by atoms with E-state index >= 15 is 0 Å². The number of anilines is 2. The number of thioether (sulfide) groups is 1. The highest BCUT2D eigenvalue weighted by atomic mass is 32.2. The smallest absolute Gasteiger partial charge is 0.225 e. The molecule has 1 aromatic heterocycles. The van der Waals surface area contributed by atoms with Crippen molar-refractivity contribution in [2.24, 2.45) is 0 Å². The second-order valence-electron chi connectivity index (χ2n) is 4.09. The van der Waals surface area contributed by atoms with E-state index in [4.69, 9.17) is 5.73 Å². The van der Waals surface area contributed by atoms with Crippen molar-refractivity contribution in [3.63, 3.8) is 0 Å². The molecule has 0 atom stereocenters. The molecule has 8 heteroatoms. The number of hydrogen-bond donors (Lipinski definition) is 3. The lowest BCUT2D eigenvalue weighted by Crippen LogP contribution is -2.13. The van der Waals surface area contributed by atoms with Gasteiger partial charge in [-0.05, 0) is 25.1 Å². The molecule has 2 rings (SSSR count). The highest BCUT2D eigenvalue weighted by Crippen LogP contribution is 2.18. The standard InChI is InChI=1S/C12H14FN5OS/c1-7-15-12(18-17-7)20-5-4-11(19)16-10-6-8(14)2-3-9(10)13/h2-3,6H,4-5,14H2,1H3,(H,16,19)(H,15,17,18). The summed E-state index contributed by atoms with van der Waals surface area (Å²) in [5.74, 6) is 0.436. The molecule has 0 aliphatic rings.